The molecule has 0 amide bonds. The van der Waals surface area contributed by atoms with Gasteiger partial charge in [-0.25, -0.2) is 0 Å². The Kier molecular flexibility index (Phi) is 5.07. The van der Waals surface area contributed by atoms with Gasteiger partial charge in [-0.3, -0.25) is 10.1 Å². The summed E-state index contributed by atoms with van der Waals surface area (Å²) in [7, 11) is 0. The van der Waals surface area contributed by atoms with Gasteiger partial charge in [-0.1, -0.05) is 54.6 Å². The average Bonchev–Trinajstić information content (AvgIpc) is 2.62. The second-order valence-electron chi connectivity index (χ2n) is 5.78. The topological polar surface area (TPSA) is 72.6 Å². The van der Waals surface area contributed by atoms with Gasteiger partial charge in [0, 0.05) is 18.7 Å². The Bertz CT molecular complexity index is 876. The number of aliphatic hydroxyl groups excluding tert-OH is 1. The molecule has 0 fully saturated rings. The van der Waals surface area contributed by atoms with E-state index in [-0.39, 0.29) is 5.69 Å². The molecule has 25 heavy (non-hydrogen) atoms. The molecule has 0 aliphatic heterocycles. The van der Waals surface area contributed by atoms with Crippen LogP contribution in [0.1, 0.15) is 24.0 Å². The van der Waals surface area contributed by atoms with E-state index in [1.165, 1.54) is 12.1 Å². The Morgan fingerprint density at radius 3 is 2.28 bits per heavy atom. The van der Waals surface area contributed by atoms with Gasteiger partial charge in [0.25, 0.3) is 5.69 Å². The van der Waals surface area contributed by atoms with E-state index in [2.05, 4.69) is 0 Å². The van der Waals surface area contributed by atoms with E-state index < -0.39 is 17.1 Å². The van der Waals surface area contributed by atoms with Gasteiger partial charge in [-0.2, -0.15) is 0 Å². The van der Waals surface area contributed by atoms with Crippen molar-refractivity contribution < 1.29 is 14.8 Å². The molecule has 3 rings (SSSR count). The van der Waals surface area contributed by atoms with Crippen molar-refractivity contribution in [3.8, 4) is 0 Å². The summed E-state index contributed by atoms with van der Waals surface area (Å²) in [4.78, 5) is 10.4. The Hall–Kier alpha value is -2.76. The number of nitro groups is 1. The monoisotopic (exact) mass is 337 g/mol. The minimum absolute atomic E-state index is 0.0203. The van der Waals surface area contributed by atoms with Crippen molar-refractivity contribution in [2.24, 2.45) is 0 Å². The minimum atomic E-state index is -1.03. The van der Waals surface area contributed by atoms with E-state index in [9.17, 15) is 15.2 Å². The van der Waals surface area contributed by atoms with Gasteiger partial charge in [0.15, 0.2) is 6.29 Å². The van der Waals surface area contributed by atoms with E-state index in [1.54, 1.807) is 12.1 Å². The number of benzene rings is 3. The van der Waals surface area contributed by atoms with Crippen LogP contribution >= 0.6 is 0 Å². The van der Waals surface area contributed by atoms with Crippen LogP contribution in [0.15, 0.2) is 66.7 Å². The van der Waals surface area contributed by atoms with Crippen molar-refractivity contribution in [2.75, 3.05) is 6.61 Å². The lowest BCUT2D eigenvalue weighted by Gasteiger charge is -2.24. The van der Waals surface area contributed by atoms with Crippen molar-refractivity contribution in [3.63, 3.8) is 0 Å². The molecule has 5 heteroatoms. The third-order valence-electron chi connectivity index (χ3n) is 4.22. The molecule has 0 saturated heterocycles. The van der Waals surface area contributed by atoms with E-state index in [0.717, 1.165) is 21.9 Å². The zero-order chi connectivity index (χ0) is 17.8. The summed E-state index contributed by atoms with van der Waals surface area (Å²) in [5, 5.41) is 23.6. The van der Waals surface area contributed by atoms with Gasteiger partial charge in [0.1, 0.15) is 0 Å². The summed E-state index contributed by atoms with van der Waals surface area (Å²) in [6, 6.07) is 20.2. The van der Waals surface area contributed by atoms with Crippen molar-refractivity contribution in [2.45, 2.75) is 19.1 Å². The van der Waals surface area contributed by atoms with Crippen LogP contribution in [0.4, 0.5) is 5.69 Å². The SMILES string of the molecule is CCOC(O)C(c1ccc([N+](=O)[O-])cc1)c1ccc2ccccc2c1. The number of aliphatic hydroxyl groups is 1. The number of non-ortho nitro benzene ring substituents is 1. The summed E-state index contributed by atoms with van der Waals surface area (Å²) in [6.45, 7) is 2.19. The second kappa shape index (κ2) is 7.42. The molecule has 0 aliphatic carbocycles. The standard InChI is InChI=1S/C20H19NO4/c1-2-25-20(22)19(15-9-11-18(12-10-15)21(23)24)17-8-7-14-5-3-4-6-16(14)13-17/h3-13,19-20,22H,2H2,1H3. The van der Waals surface area contributed by atoms with Gasteiger partial charge in [-0.05, 0) is 28.8 Å². The molecule has 0 bridgehead atoms. The molecule has 0 radical (unpaired) electrons. The van der Waals surface area contributed by atoms with Crippen LogP contribution in [0.5, 0.6) is 0 Å². The molecular formula is C20H19NO4. The zero-order valence-electron chi connectivity index (χ0n) is 13.8. The minimum Gasteiger partial charge on any atom is -0.367 e. The third-order valence-corrected chi connectivity index (χ3v) is 4.22. The number of nitrogens with zero attached hydrogens (tertiary/aromatic N) is 1. The first-order valence-corrected chi connectivity index (χ1v) is 8.13. The highest BCUT2D eigenvalue weighted by molar-refractivity contribution is 5.83. The van der Waals surface area contributed by atoms with Crippen LogP contribution in [0.25, 0.3) is 10.8 Å². The van der Waals surface area contributed by atoms with Gasteiger partial charge in [0.05, 0.1) is 10.8 Å². The smallest absolute Gasteiger partial charge is 0.269 e. The molecule has 2 atom stereocenters. The number of nitro benzene ring substituents is 1. The first-order valence-electron chi connectivity index (χ1n) is 8.13. The highest BCUT2D eigenvalue weighted by atomic mass is 16.6. The molecule has 0 saturated carbocycles. The van der Waals surface area contributed by atoms with Crippen LogP contribution in [0, 0.1) is 10.1 Å². The number of ether oxygens (including phenoxy) is 1. The van der Waals surface area contributed by atoms with Gasteiger partial charge in [-0.15, -0.1) is 0 Å². The van der Waals surface area contributed by atoms with Gasteiger partial charge in [0.2, 0.25) is 0 Å². The van der Waals surface area contributed by atoms with Gasteiger partial charge >= 0.3 is 0 Å². The Labute approximate surface area is 145 Å². The second-order valence-corrected chi connectivity index (χ2v) is 5.78. The van der Waals surface area contributed by atoms with Crippen LogP contribution in [-0.4, -0.2) is 22.9 Å². The molecule has 5 nitrogen and oxygen atoms in total. The Morgan fingerprint density at radius 1 is 1.00 bits per heavy atom. The molecule has 3 aromatic carbocycles. The lowest BCUT2D eigenvalue weighted by Crippen LogP contribution is -2.23. The van der Waals surface area contributed by atoms with Crippen molar-refractivity contribution in [1.29, 1.82) is 0 Å². The normalized spacial score (nSPS) is 13.5. The van der Waals surface area contributed by atoms with E-state index in [4.69, 9.17) is 4.74 Å². The predicted octanol–water partition coefficient (Wildman–Crippen LogP) is 4.23. The Morgan fingerprint density at radius 2 is 1.64 bits per heavy atom. The number of hydrogen-bond donors (Lipinski definition) is 1. The lowest BCUT2D eigenvalue weighted by atomic mass is 9.89. The summed E-state index contributed by atoms with van der Waals surface area (Å²) in [5.41, 5.74) is 1.68. The summed E-state index contributed by atoms with van der Waals surface area (Å²) in [6.07, 6.45) is -1.03. The van der Waals surface area contributed by atoms with Crippen LogP contribution < -0.4 is 0 Å². The molecule has 0 aliphatic rings. The number of fused-ring (bicyclic) bond motifs is 1. The van der Waals surface area contributed by atoms with Crippen LogP contribution in [-0.2, 0) is 4.74 Å². The lowest BCUT2D eigenvalue weighted by molar-refractivity contribution is -0.384. The van der Waals surface area contributed by atoms with Crippen molar-refractivity contribution >= 4 is 16.5 Å². The first kappa shape index (κ1) is 17.1. The Balaban J connectivity index is 2.05. The molecular weight excluding hydrogens is 318 g/mol. The number of hydrogen-bond acceptors (Lipinski definition) is 4. The van der Waals surface area contributed by atoms with Gasteiger partial charge < -0.3 is 9.84 Å². The van der Waals surface area contributed by atoms with Crippen LogP contribution in [0.3, 0.4) is 0 Å². The fraction of sp³-hybridized carbons (Fsp3) is 0.200. The van der Waals surface area contributed by atoms with Crippen molar-refractivity contribution in [3.05, 3.63) is 88.0 Å². The van der Waals surface area contributed by atoms with E-state index >= 15 is 0 Å². The summed E-state index contributed by atoms with van der Waals surface area (Å²) in [5.74, 6) is -0.426. The third kappa shape index (κ3) is 3.68. The molecule has 128 valence electrons. The molecule has 3 aromatic rings. The fourth-order valence-corrected chi connectivity index (χ4v) is 2.99. The summed E-state index contributed by atoms with van der Waals surface area (Å²) >= 11 is 0. The maximum absolute atomic E-state index is 10.9. The number of rotatable bonds is 6. The van der Waals surface area contributed by atoms with Crippen LogP contribution in [0.2, 0.25) is 0 Å². The van der Waals surface area contributed by atoms with Crippen molar-refractivity contribution in [1.82, 2.24) is 0 Å². The predicted molar refractivity (Wildman–Crippen MR) is 96.5 cm³/mol. The van der Waals surface area contributed by atoms with E-state index in [1.807, 2.05) is 49.4 Å². The molecule has 1 N–H and O–H groups in total. The highest BCUT2D eigenvalue weighted by Crippen LogP contribution is 2.32. The largest absolute Gasteiger partial charge is 0.367 e. The quantitative estimate of drug-likeness (QED) is 0.415. The molecule has 0 spiro atoms. The zero-order valence-corrected chi connectivity index (χ0v) is 13.8. The average molecular weight is 337 g/mol. The molecule has 0 aromatic heterocycles. The molecule has 0 heterocycles. The van der Waals surface area contributed by atoms with E-state index in [0.29, 0.717) is 6.61 Å². The molecule has 2 unspecified atom stereocenters. The summed E-state index contributed by atoms with van der Waals surface area (Å²) < 4.78 is 5.42. The maximum Gasteiger partial charge on any atom is 0.269 e. The highest BCUT2D eigenvalue weighted by Gasteiger charge is 2.24. The fourth-order valence-electron chi connectivity index (χ4n) is 2.99. The first-order chi connectivity index (χ1) is 12.1. The maximum atomic E-state index is 10.9.